The predicted octanol–water partition coefficient (Wildman–Crippen LogP) is 1.12. The van der Waals surface area contributed by atoms with Crippen LogP contribution in [0.2, 0.25) is 0 Å². The summed E-state index contributed by atoms with van der Waals surface area (Å²) in [5, 5.41) is 25.9. The van der Waals surface area contributed by atoms with Crippen LogP contribution in [0.3, 0.4) is 0 Å². The number of phenolic OH excluding ortho intramolecular Hbond substituents is 2. The zero-order valence-electron chi connectivity index (χ0n) is 9.59. The van der Waals surface area contributed by atoms with Crippen LogP contribution in [0.4, 0.5) is 0 Å². The first-order valence-corrected chi connectivity index (χ1v) is 5.35. The largest absolute Gasteiger partial charge is 0.504 e. The third-order valence-corrected chi connectivity index (χ3v) is 2.44. The molecule has 5 heteroatoms. The van der Waals surface area contributed by atoms with Gasteiger partial charge in [0.05, 0.1) is 5.69 Å². The standard InChI is InChI=1S/C12H15N3O2/c1-15-5-4-10(14-15)8-13-7-9-2-3-11(16)12(17)6-9/h2-6,13,16-17H,7-8H2,1H3. The van der Waals surface area contributed by atoms with E-state index in [1.165, 1.54) is 6.07 Å². The summed E-state index contributed by atoms with van der Waals surface area (Å²) in [6, 6.07) is 6.73. The Bertz CT molecular complexity index is 508. The van der Waals surface area contributed by atoms with E-state index >= 15 is 0 Å². The number of benzene rings is 1. The maximum absolute atomic E-state index is 9.33. The third-order valence-electron chi connectivity index (χ3n) is 2.44. The molecule has 0 amide bonds. The molecule has 0 aliphatic rings. The molecule has 1 aromatic heterocycles. The minimum absolute atomic E-state index is 0.0952. The zero-order valence-corrected chi connectivity index (χ0v) is 9.59. The average molecular weight is 233 g/mol. The molecule has 1 heterocycles. The fourth-order valence-electron chi connectivity index (χ4n) is 1.57. The maximum atomic E-state index is 9.33. The summed E-state index contributed by atoms with van der Waals surface area (Å²) < 4.78 is 1.75. The molecule has 0 spiro atoms. The molecule has 2 rings (SSSR count). The van der Waals surface area contributed by atoms with E-state index in [4.69, 9.17) is 5.11 Å². The van der Waals surface area contributed by atoms with Gasteiger partial charge in [-0.15, -0.1) is 0 Å². The van der Waals surface area contributed by atoms with Crippen molar-refractivity contribution in [3.8, 4) is 11.5 Å². The van der Waals surface area contributed by atoms with E-state index in [1.54, 1.807) is 16.8 Å². The van der Waals surface area contributed by atoms with Gasteiger partial charge in [0.2, 0.25) is 0 Å². The van der Waals surface area contributed by atoms with Gasteiger partial charge in [-0.05, 0) is 23.8 Å². The molecule has 0 unspecified atom stereocenters. The van der Waals surface area contributed by atoms with E-state index in [1.807, 2.05) is 19.3 Å². The van der Waals surface area contributed by atoms with Crippen LogP contribution in [0, 0.1) is 0 Å². The number of nitrogens with one attached hydrogen (secondary N) is 1. The smallest absolute Gasteiger partial charge is 0.157 e. The molecule has 0 saturated carbocycles. The Labute approximate surface area is 99.3 Å². The second-order valence-electron chi connectivity index (χ2n) is 3.91. The van der Waals surface area contributed by atoms with Gasteiger partial charge in [-0.3, -0.25) is 4.68 Å². The van der Waals surface area contributed by atoms with Gasteiger partial charge in [-0.1, -0.05) is 6.07 Å². The highest BCUT2D eigenvalue weighted by molar-refractivity contribution is 5.40. The Morgan fingerprint density at radius 2 is 2.00 bits per heavy atom. The van der Waals surface area contributed by atoms with E-state index in [2.05, 4.69) is 10.4 Å². The van der Waals surface area contributed by atoms with Crippen molar-refractivity contribution < 1.29 is 10.2 Å². The Kier molecular flexibility index (Phi) is 3.30. The van der Waals surface area contributed by atoms with Crippen LogP contribution in [0.25, 0.3) is 0 Å². The van der Waals surface area contributed by atoms with E-state index < -0.39 is 0 Å². The summed E-state index contributed by atoms with van der Waals surface area (Å²) >= 11 is 0. The SMILES string of the molecule is Cn1ccc(CNCc2ccc(O)c(O)c2)n1. The minimum Gasteiger partial charge on any atom is -0.504 e. The molecule has 5 nitrogen and oxygen atoms in total. The average Bonchev–Trinajstić information content (AvgIpc) is 2.70. The highest BCUT2D eigenvalue weighted by Crippen LogP contribution is 2.24. The normalized spacial score (nSPS) is 10.6. The number of hydrogen-bond acceptors (Lipinski definition) is 4. The molecule has 0 aliphatic carbocycles. The van der Waals surface area contributed by atoms with Gasteiger partial charge in [0.25, 0.3) is 0 Å². The van der Waals surface area contributed by atoms with Gasteiger partial charge in [-0.2, -0.15) is 5.10 Å². The number of aromatic nitrogens is 2. The Morgan fingerprint density at radius 3 is 2.65 bits per heavy atom. The number of phenols is 2. The Morgan fingerprint density at radius 1 is 1.18 bits per heavy atom. The Hall–Kier alpha value is -2.01. The first kappa shape index (κ1) is 11.5. The molecule has 0 bridgehead atoms. The van der Waals surface area contributed by atoms with E-state index in [-0.39, 0.29) is 11.5 Å². The fourth-order valence-corrected chi connectivity index (χ4v) is 1.57. The molecule has 3 N–H and O–H groups in total. The van der Waals surface area contributed by atoms with E-state index in [9.17, 15) is 5.11 Å². The lowest BCUT2D eigenvalue weighted by Gasteiger charge is -2.04. The molecule has 0 saturated heterocycles. The number of aryl methyl sites for hydroxylation is 1. The number of aromatic hydroxyl groups is 2. The molecule has 17 heavy (non-hydrogen) atoms. The minimum atomic E-state index is -0.0986. The van der Waals surface area contributed by atoms with Crippen molar-refractivity contribution in [1.82, 2.24) is 15.1 Å². The van der Waals surface area contributed by atoms with Crippen molar-refractivity contribution in [3.05, 3.63) is 41.7 Å². The van der Waals surface area contributed by atoms with Crippen molar-refractivity contribution in [3.63, 3.8) is 0 Å². The number of nitrogens with zero attached hydrogens (tertiary/aromatic N) is 2. The highest BCUT2D eigenvalue weighted by Gasteiger charge is 2.01. The zero-order chi connectivity index (χ0) is 12.3. The molecule has 1 aromatic carbocycles. The van der Waals surface area contributed by atoms with E-state index in [0.29, 0.717) is 13.1 Å². The van der Waals surface area contributed by atoms with Crippen molar-refractivity contribution in [2.75, 3.05) is 0 Å². The van der Waals surface area contributed by atoms with Crippen LogP contribution < -0.4 is 5.32 Å². The molecule has 0 aliphatic heterocycles. The topological polar surface area (TPSA) is 70.3 Å². The van der Waals surface area contributed by atoms with Gasteiger partial charge in [0.1, 0.15) is 0 Å². The molecule has 0 fully saturated rings. The van der Waals surface area contributed by atoms with Crippen LogP contribution in [-0.4, -0.2) is 20.0 Å². The monoisotopic (exact) mass is 233 g/mol. The molecular weight excluding hydrogens is 218 g/mol. The first-order valence-electron chi connectivity index (χ1n) is 5.35. The number of rotatable bonds is 4. The molecule has 0 radical (unpaired) electrons. The van der Waals surface area contributed by atoms with E-state index in [0.717, 1.165) is 11.3 Å². The van der Waals surface area contributed by atoms with Gasteiger partial charge in [0.15, 0.2) is 11.5 Å². The summed E-state index contributed by atoms with van der Waals surface area (Å²) in [6.45, 7) is 1.28. The van der Waals surface area contributed by atoms with Crippen LogP contribution in [0.5, 0.6) is 11.5 Å². The lowest BCUT2D eigenvalue weighted by molar-refractivity contribution is 0.403. The first-order chi connectivity index (χ1) is 8.15. The lowest BCUT2D eigenvalue weighted by atomic mass is 10.2. The quantitative estimate of drug-likeness (QED) is 0.692. The summed E-state index contributed by atoms with van der Waals surface area (Å²) in [5.41, 5.74) is 1.88. The van der Waals surface area contributed by atoms with Crippen molar-refractivity contribution in [2.45, 2.75) is 13.1 Å². The van der Waals surface area contributed by atoms with Crippen LogP contribution in [-0.2, 0) is 20.1 Å². The van der Waals surface area contributed by atoms with Crippen LogP contribution in [0.15, 0.2) is 30.5 Å². The van der Waals surface area contributed by atoms with Gasteiger partial charge < -0.3 is 15.5 Å². The molecule has 0 atom stereocenters. The second kappa shape index (κ2) is 4.88. The van der Waals surface area contributed by atoms with Crippen molar-refractivity contribution >= 4 is 0 Å². The summed E-state index contributed by atoms with van der Waals surface area (Å²) in [7, 11) is 1.88. The highest BCUT2D eigenvalue weighted by atomic mass is 16.3. The number of hydrogen-bond donors (Lipinski definition) is 3. The third kappa shape index (κ3) is 2.98. The van der Waals surface area contributed by atoms with Crippen LogP contribution in [0.1, 0.15) is 11.3 Å². The van der Waals surface area contributed by atoms with Gasteiger partial charge in [0, 0.05) is 26.3 Å². The summed E-state index contributed by atoms with van der Waals surface area (Å²) in [6.07, 6.45) is 1.89. The molecule has 2 aromatic rings. The second-order valence-corrected chi connectivity index (χ2v) is 3.91. The van der Waals surface area contributed by atoms with Gasteiger partial charge >= 0.3 is 0 Å². The molecular formula is C12H15N3O2. The van der Waals surface area contributed by atoms with Crippen molar-refractivity contribution in [2.24, 2.45) is 7.05 Å². The Balaban J connectivity index is 1.87. The maximum Gasteiger partial charge on any atom is 0.157 e. The van der Waals surface area contributed by atoms with Crippen LogP contribution >= 0.6 is 0 Å². The summed E-state index contributed by atoms with van der Waals surface area (Å²) in [4.78, 5) is 0. The van der Waals surface area contributed by atoms with Gasteiger partial charge in [-0.25, -0.2) is 0 Å². The molecule has 90 valence electrons. The predicted molar refractivity (Wildman–Crippen MR) is 63.5 cm³/mol. The summed E-state index contributed by atoms with van der Waals surface area (Å²) in [5.74, 6) is -0.194. The van der Waals surface area contributed by atoms with Crippen molar-refractivity contribution in [1.29, 1.82) is 0 Å². The lowest BCUT2D eigenvalue weighted by Crippen LogP contribution is -2.13. The fraction of sp³-hybridized carbons (Fsp3) is 0.250.